The van der Waals surface area contributed by atoms with Gasteiger partial charge in [-0.05, 0) is 49.2 Å². The van der Waals surface area contributed by atoms with Gasteiger partial charge >= 0.3 is 5.97 Å². The van der Waals surface area contributed by atoms with E-state index in [0.717, 1.165) is 22.4 Å². The Hall–Kier alpha value is -4.17. The monoisotopic (exact) mass is 526 g/mol. The van der Waals surface area contributed by atoms with E-state index in [9.17, 15) is 9.59 Å². The average molecular weight is 527 g/mol. The van der Waals surface area contributed by atoms with Gasteiger partial charge in [0.25, 0.3) is 5.56 Å². The number of carbonyl (C=O) groups excluding carboxylic acids is 1. The fourth-order valence-electron chi connectivity index (χ4n) is 5.09. The van der Waals surface area contributed by atoms with E-state index in [1.165, 1.54) is 11.3 Å². The van der Waals surface area contributed by atoms with E-state index in [1.807, 2.05) is 84.9 Å². The number of hydrogen-bond acceptors (Lipinski definition) is 7. The number of thiazole rings is 1. The fourth-order valence-corrected chi connectivity index (χ4v) is 6.19. The summed E-state index contributed by atoms with van der Waals surface area (Å²) in [5.74, 6) is 0.144. The number of ether oxygens (including phenoxy) is 3. The Morgan fingerprint density at radius 1 is 1.08 bits per heavy atom. The highest BCUT2D eigenvalue weighted by atomic mass is 32.1. The van der Waals surface area contributed by atoms with Crippen LogP contribution in [0.5, 0.6) is 11.5 Å². The van der Waals surface area contributed by atoms with Crippen LogP contribution in [0.2, 0.25) is 0 Å². The zero-order valence-corrected chi connectivity index (χ0v) is 21.8. The van der Waals surface area contributed by atoms with Gasteiger partial charge in [-0.3, -0.25) is 14.2 Å². The molecule has 192 valence electrons. The predicted molar refractivity (Wildman–Crippen MR) is 144 cm³/mol. The molecule has 4 aromatic rings. The zero-order chi connectivity index (χ0) is 26.3. The Bertz CT molecular complexity index is 1680. The molecule has 38 heavy (non-hydrogen) atoms. The van der Waals surface area contributed by atoms with Crippen LogP contribution in [0.15, 0.2) is 88.6 Å². The molecule has 0 amide bonds. The maximum absolute atomic E-state index is 13.7. The van der Waals surface area contributed by atoms with E-state index >= 15 is 0 Å². The molecule has 3 aromatic carbocycles. The molecule has 0 unspecified atom stereocenters. The SMILES string of the molecule is CCOC(=O)[C@H]1[C@H]2c3ccccc3O[C@@]1(C)N=c1s/c(=C/c3ccc(OCc4ccccc4)cc3)c(=O)n12. The maximum atomic E-state index is 13.7. The van der Waals surface area contributed by atoms with Crippen LogP contribution < -0.4 is 24.4 Å². The molecule has 2 aliphatic heterocycles. The summed E-state index contributed by atoms with van der Waals surface area (Å²) >= 11 is 1.29. The van der Waals surface area contributed by atoms with Crippen molar-refractivity contribution in [1.82, 2.24) is 4.57 Å². The normalized spacial score (nSPS) is 21.5. The van der Waals surface area contributed by atoms with Crippen molar-refractivity contribution in [2.75, 3.05) is 6.61 Å². The largest absolute Gasteiger partial charge is 0.489 e. The molecule has 3 heterocycles. The highest BCUT2D eigenvalue weighted by molar-refractivity contribution is 7.07. The second-order valence-electron chi connectivity index (χ2n) is 9.39. The highest BCUT2D eigenvalue weighted by Gasteiger charge is 2.55. The van der Waals surface area contributed by atoms with E-state index in [-0.39, 0.29) is 12.2 Å². The molecule has 8 heteroatoms. The summed E-state index contributed by atoms with van der Waals surface area (Å²) in [4.78, 5) is 32.2. The van der Waals surface area contributed by atoms with Gasteiger partial charge in [-0.1, -0.05) is 72.0 Å². The lowest BCUT2D eigenvalue weighted by atomic mass is 9.81. The molecule has 0 N–H and O–H groups in total. The van der Waals surface area contributed by atoms with Crippen molar-refractivity contribution in [3.05, 3.63) is 115 Å². The van der Waals surface area contributed by atoms with Gasteiger partial charge in [0.05, 0.1) is 17.2 Å². The second-order valence-corrected chi connectivity index (χ2v) is 10.4. The first-order valence-electron chi connectivity index (χ1n) is 12.5. The summed E-state index contributed by atoms with van der Waals surface area (Å²) in [6.45, 7) is 4.26. The molecule has 0 saturated heterocycles. The third kappa shape index (κ3) is 4.20. The van der Waals surface area contributed by atoms with Crippen molar-refractivity contribution in [2.24, 2.45) is 10.9 Å². The van der Waals surface area contributed by atoms with Crippen molar-refractivity contribution in [2.45, 2.75) is 32.2 Å². The number of benzene rings is 3. The number of nitrogens with zero attached hydrogens (tertiary/aromatic N) is 2. The maximum Gasteiger partial charge on any atom is 0.317 e. The first-order valence-corrected chi connectivity index (χ1v) is 13.3. The van der Waals surface area contributed by atoms with Crippen molar-refractivity contribution < 1.29 is 19.0 Å². The third-order valence-electron chi connectivity index (χ3n) is 6.85. The quantitative estimate of drug-likeness (QED) is 0.357. The van der Waals surface area contributed by atoms with E-state index < -0.39 is 23.7 Å². The Balaban J connectivity index is 1.38. The van der Waals surface area contributed by atoms with E-state index in [1.54, 1.807) is 18.4 Å². The summed E-state index contributed by atoms with van der Waals surface area (Å²) in [5.41, 5.74) is 1.34. The molecule has 0 radical (unpaired) electrons. The highest BCUT2D eigenvalue weighted by Crippen LogP contribution is 2.47. The molecule has 0 spiro atoms. The van der Waals surface area contributed by atoms with Crippen LogP contribution in [-0.4, -0.2) is 22.9 Å². The Kier molecular flexibility index (Phi) is 6.12. The summed E-state index contributed by atoms with van der Waals surface area (Å²) in [6.07, 6.45) is 1.84. The summed E-state index contributed by atoms with van der Waals surface area (Å²) in [6, 6.07) is 24.5. The average Bonchev–Trinajstić information content (AvgIpc) is 3.21. The molecule has 0 fully saturated rings. The molecule has 2 aliphatic rings. The van der Waals surface area contributed by atoms with Crippen LogP contribution in [0.4, 0.5) is 0 Å². The minimum Gasteiger partial charge on any atom is -0.489 e. The molecule has 0 aliphatic carbocycles. The Morgan fingerprint density at radius 3 is 2.58 bits per heavy atom. The zero-order valence-electron chi connectivity index (χ0n) is 21.0. The number of aromatic nitrogens is 1. The summed E-state index contributed by atoms with van der Waals surface area (Å²) in [7, 11) is 0. The van der Waals surface area contributed by atoms with Gasteiger partial charge in [0.1, 0.15) is 24.0 Å². The molecule has 6 rings (SSSR count). The van der Waals surface area contributed by atoms with E-state index in [0.29, 0.717) is 21.7 Å². The van der Waals surface area contributed by atoms with E-state index in [4.69, 9.17) is 19.2 Å². The van der Waals surface area contributed by atoms with Crippen LogP contribution in [0.25, 0.3) is 6.08 Å². The predicted octanol–water partition coefficient (Wildman–Crippen LogP) is 3.83. The third-order valence-corrected chi connectivity index (χ3v) is 7.83. The Labute approximate surface area is 223 Å². The lowest BCUT2D eigenvalue weighted by Gasteiger charge is -2.44. The molecule has 3 atom stereocenters. The van der Waals surface area contributed by atoms with Gasteiger partial charge in [0.15, 0.2) is 4.80 Å². The smallest absolute Gasteiger partial charge is 0.317 e. The first kappa shape index (κ1) is 24.2. The minimum absolute atomic E-state index is 0.198. The van der Waals surface area contributed by atoms with Crippen LogP contribution in [0, 0.1) is 5.92 Å². The van der Waals surface area contributed by atoms with Crippen LogP contribution in [0.3, 0.4) is 0 Å². The molecule has 2 bridgehead atoms. The molecule has 7 nitrogen and oxygen atoms in total. The van der Waals surface area contributed by atoms with Gasteiger partial charge in [0, 0.05) is 5.56 Å². The summed E-state index contributed by atoms with van der Waals surface area (Å²) < 4.78 is 19.7. The lowest BCUT2D eigenvalue weighted by molar-refractivity contribution is -0.160. The molecule has 0 saturated carbocycles. The van der Waals surface area contributed by atoms with E-state index in [2.05, 4.69) is 0 Å². The minimum atomic E-state index is -1.18. The number of esters is 1. The number of hydrogen-bond donors (Lipinski definition) is 0. The number of fused-ring (bicyclic) bond motifs is 6. The number of para-hydroxylation sites is 1. The Morgan fingerprint density at radius 2 is 1.82 bits per heavy atom. The molecular formula is C30H26N2O5S. The van der Waals surface area contributed by atoms with Crippen LogP contribution in [-0.2, 0) is 16.1 Å². The van der Waals surface area contributed by atoms with Crippen LogP contribution >= 0.6 is 11.3 Å². The summed E-state index contributed by atoms with van der Waals surface area (Å²) in [5, 5.41) is 0. The van der Waals surface area contributed by atoms with Gasteiger partial charge in [-0.2, -0.15) is 0 Å². The molecular weight excluding hydrogens is 500 g/mol. The van der Waals surface area contributed by atoms with Gasteiger partial charge in [-0.15, -0.1) is 0 Å². The van der Waals surface area contributed by atoms with Crippen LogP contribution in [0.1, 0.15) is 36.6 Å². The van der Waals surface area contributed by atoms with Gasteiger partial charge in [-0.25, -0.2) is 4.99 Å². The van der Waals surface area contributed by atoms with Crippen molar-refractivity contribution in [1.29, 1.82) is 0 Å². The van der Waals surface area contributed by atoms with Crippen molar-refractivity contribution >= 4 is 23.4 Å². The van der Waals surface area contributed by atoms with Crippen molar-refractivity contribution in [3.8, 4) is 11.5 Å². The standard InChI is InChI=1S/C30H26N2O5S/c1-3-35-28(34)25-26-22-11-7-8-12-23(22)37-30(25,2)31-29-32(26)27(33)24(38-29)17-19-13-15-21(16-14-19)36-18-20-9-5-4-6-10-20/h4-17,25-26H,3,18H2,1-2H3/b24-17+/t25-,26-,30-/m1/s1. The number of carbonyl (C=O) groups is 1. The van der Waals surface area contributed by atoms with Gasteiger partial charge < -0.3 is 14.2 Å². The van der Waals surface area contributed by atoms with Gasteiger partial charge in [0.2, 0.25) is 5.72 Å². The first-order chi connectivity index (χ1) is 18.5. The molecule has 1 aromatic heterocycles. The lowest BCUT2D eigenvalue weighted by Crippen LogP contribution is -2.58. The topological polar surface area (TPSA) is 79.1 Å². The fraction of sp³-hybridized carbons (Fsp3) is 0.233. The second kappa shape index (κ2) is 9.61. The van der Waals surface area contributed by atoms with Crippen molar-refractivity contribution in [3.63, 3.8) is 0 Å². The number of rotatable bonds is 6.